The van der Waals surface area contributed by atoms with Gasteiger partial charge in [0.2, 0.25) is 0 Å². The minimum absolute atomic E-state index is 1.19. The summed E-state index contributed by atoms with van der Waals surface area (Å²) < 4.78 is 9.31. The molecular formula is C7H12O7. The molecule has 0 saturated carbocycles. The second-order valence-corrected chi connectivity index (χ2v) is 2.97. The molecule has 1 rings (SSSR count). The van der Waals surface area contributed by atoms with Gasteiger partial charge in [-0.3, -0.25) is 0 Å². The van der Waals surface area contributed by atoms with E-state index >= 15 is 0 Å². The van der Waals surface area contributed by atoms with E-state index in [4.69, 9.17) is 9.84 Å². The first-order valence-corrected chi connectivity index (χ1v) is 3.94. The summed E-state index contributed by atoms with van der Waals surface area (Å²) in [5.41, 5.74) is 0. The van der Waals surface area contributed by atoms with E-state index in [1.807, 2.05) is 0 Å². The molecule has 1 heterocycles. The van der Waals surface area contributed by atoms with Crippen LogP contribution in [0.2, 0.25) is 0 Å². The molecule has 0 aromatic carbocycles. The second kappa shape index (κ2) is 4.20. The molecule has 7 nitrogen and oxygen atoms in total. The van der Waals surface area contributed by atoms with Crippen LogP contribution in [0.3, 0.4) is 0 Å². The zero-order valence-electron chi connectivity index (χ0n) is 7.40. The summed E-state index contributed by atoms with van der Waals surface area (Å²) in [5.74, 6) is -1.43. The molecule has 14 heavy (non-hydrogen) atoms. The molecule has 0 radical (unpaired) electrons. The predicted molar refractivity (Wildman–Crippen MR) is 41.3 cm³/mol. The van der Waals surface area contributed by atoms with Crippen LogP contribution in [-0.4, -0.2) is 64.2 Å². The normalized spacial score (nSPS) is 43.6. The van der Waals surface area contributed by atoms with Crippen molar-refractivity contribution < 1.29 is 34.7 Å². The van der Waals surface area contributed by atoms with E-state index in [-0.39, 0.29) is 0 Å². The van der Waals surface area contributed by atoms with Gasteiger partial charge in [0, 0.05) is 7.11 Å². The van der Waals surface area contributed by atoms with Crippen molar-refractivity contribution in [2.24, 2.45) is 0 Å². The monoisotopic (exact) mass is 208 g/mol. The molecule has 0 aromatic heterocycles. The number of carbonyl (C=O) groups is 1. The van der Waals surface area contributed by atoms with Crippen molar-refractivity contribution in [2.45, 2.75) is 30.7 Å². The highest BCUT2D eigenvalue weighted by Gasteiger charge is 2.46. The Morgan fingerprint density at radius 3 is 2.21 bits per heavy atom. The van der Waals surface area contributed by atoms with Gasteiger partial charge in [-0.25, -0.2) is 4.79 Å². The van der Waals surface area contributed by atoms with Gasteiger partial charge in [0.1, 0.15) is 18.3 Å². The highest BCUT2D eigenvalue weighted by Crippen LogP contribution is 2.21. The summed E-state index contributed by atoms with van der Waals surface area (Å²) >= 11 is 0. The molecule has 0 aliphatic carbocycles. The van der Waals surface area contributed by atoms with E-state index in [2.05, 4.69) is 4.74 Å². The van der Waals surface area contributed by atoms with E-state index in [1.54, 1.807) is 0 Å². The lowest BCUT2D eigenvalue weighted by Gasteiger charge is -2.37. The fourth-order valence-corrected chi connectivity index (χ4v) is 1.25. The first-order chi connectivity index (χ1) is 6.49. The summed E-state index contributed by atoms with van der Waals surface area (Å²) in [5, 5.41) is 36.3. The molecule has 0 bridgehead atoms. The van der Waals surface area contributed by atoms with Crippen LogP contribution < -0.4 is 0 Å². The molecule has 0 spiro atoms. The SMILES string of the molecule is CO[C@@H]1OC(C(=O)O)[C@@H](O)C(O)C1O. The fourth-order valence-electron chi connectivity index (χ4n) is 1.25. The molecule has 1 aliphatic rings. The largest absolute Gasteiger partial charge is 0.479 e. The van der Waals surface area contributed by atoms with Gasteiger partial charge in [-0.1, -0.05) is 0 Å². The van der Waals surface area contributed by atoms with Gasteiger partial charge in [0.05, 0.1) is 0 Å². The molecule has 5 atom stereocenters. The maximum absolute atomic E-state index is 10.5. The van der Waals surface area contributed by atoms with Crippen molar-refractivity contribution in [3.05, 3.63) is 0 Å². The smallest absolute Gasteiger partial charge is 0.335 e. The molecule has 7 heteroatoms. The standard InChI is InChI=1S/C7H12O7/c1-13-7-4(10)2(8)3(9)5(14-7)6(11)12/h2-5,7-10H,1H3,(H,11,12)/t2?,3-,4?,5?,7+/m0/s1. The third-order valence-corrected chi connectivity index (χ3v) is 2.05. The first kappa shape index (κ1) is 11.3. The Morgan fingerprint density at radius 2 is 1.79 bits per heavy atom. The summed E-state index contributed by atoms with van der Waals surface area (Å²) in [6, 6.07) is 0. The van der Waals surface area contributed by atoms with E-state index in [0.717, 1.165) is 0 Å². The van der Waals surface area contributed by atoms with Crippen LogP contribution in [0.5, 0.6) is 0 Å². The number of methoxy groups -OCH3 is 1. The van der Waals surface area contributed by atoms with E-state index in [9.17, 15) is 20.1 Å². The quantitative estimate of drug-likeness (QED) is 0.397. The summed E-state index contributed by atoms with van der Waals surface area (Å²) in [6.07, 6.45) is -7.60. The van der Waals surface area contributed by atoms with Crippen molar-refractivity contribution in [3.63, 3.8) is 0 Å². The van der Waals surface area contributed by atoms with Gasteiger partial charge >= 0.3 is 5.97 Å². The average Bonchev–Trinajstić information content (AvgIpc) is 2.14. The highest BCUT2D eigenvalue weighted by molar-refractivity contribution is 5.73. The Bertz CT molecular complexity index is 216. The molecule has 0 amide bonds. The van der Waals surface area contributed by atoms with Crippen molar-refractivity contribution in [1.29, 1.82) is 0 Å². The zero-order chi connectivity index (χ0) is 10.9. The van der Waals surface area contributed by atoms with Gasteiger partial charge in [0.15, 0.2) is 12.4 Å². The number of carboxylic acids is 1. The number of hydrogen-bond acceptors (Lipinski definition) is 6. The maximum Gasteiger partial charge on any atom is 0.335 e. The van der Waals surface area contributed by atoms with Crippen LogP contribution in [-0.2, 0) is 14.3 Å². The van der Waals surface area contributed by atoms with Crippen LogP contribution in [0.4, 0.5) is 0 Å². The lowest BCUT2D eigenvalue weighted by atomic mass is 9.99. The Hall–Kier alpha value is -0.730. The van der Waals surface area contributed by atoms with Gasteiger partial charge in [-0.05, 0) is 0 Å². The Balaban J connectivity index is 2.78. The Morgan fingerprint density at radius 1 is 1.21 bits per heavy atom. The van der Waals surface area contributed by atoms with Gasteiger partial charge in [-0.15, -0.1) is 0 Å². The third kappa shape index (κ3) is 1.86. The van der Waals surface area contributed by atoms with Crippen molar-refractivity contribution in [1.82, 2.24) is 0 Å². The summed E-state index contributed by atoms with van der Waals surface area (Å²) in [7, 11) is 1.19. The molecule has 82 valence electrons. The third-order valence-electron chi connectivity index (χ3n) is 2.05. The van der Waals surface area contributed by atoms with Gasteiger partial charge in [-0.2, -0.15) is 0 Å². The summed E-state index contributed by atoms with van der Waals surface area (Å²) in [6.45, 7) is 0. The Kier molecular flexibility index (Phi) is 3.40. The number of hydrogen-bond donors (Lipinski definition) is 4. The van der Waals surface area contributed by atoms with Crippen LogP contribution in [0.25, 0.3) is 0 Å². The average molecular weight is 208 g/mol. The molecule has 1 fully saturated rings. The maximum atomic E-state index is 10.5. The van der Waals surface area contributed by atoms with Crippen LogP contribution in [0.15, 0.2) is 0 Å². The van der Waals surface area contributed by atoms with Crippen molar-refractivity contribution >= 4 is 5.97 Å². The minimum Gasteiger partial charge on any atom is -0.479 e. The second-order valence-electron chi connectivity index (χ2n) is 2.97. The highest BCUT2D eigenvalue weighted by atomic mass is 16.7. The lowest BCUT2D eigenvalue weighted by molar-refractivity contribution is -0.287. The Labute approximate surface area is 79.5 Å². The predicted octanol–water partition coefficient (Wildman–Crippen LogP) is -2.47. The van der Waals surface area contributed by atoms with Gasteiger partial charge < -0.3 is 29.9 Å². The fraction of sp³-hybridized carbons (Fsp3) is 0.857. The molecule has 3 unspecified atom stereocenters. The minimum atomic E-state index is -1.67. The topological polar surface area (TPSA) is 116 Å². The van der Waals surface area contributed by atoms with Crippen molar-refractivity contribution in [3.8, 4) is 0 Å². The van der Waals surface area contributed by atoms with Crippen molar-refractivity contribution in [2.75, 3.05) is 7.11 Å². The van der Waals surface area contributed by atoms with Gasteiger partial charge in [0.25, 0.3) is 0 Å². The molecule has 4 N–H and O–H groups in total. The van der Waals surface area contributed by atoms with Crippen LogP contribution >= 0.6 is 0 Å². The van der Waals surface area contributed by atoms with E-state index in [1.165, 1.54) is 7.11 Å². The van der Waals surface area contributed by atoms with E-state index < -0.39 is 36.7 Å². The van der Waals surface area contributed by atoms with E-state index in [0.29, 0.717) is 0 Å². The molecule has 1 aliphatic heterocycles. The molecule has 0 aromatic rings. The first-order valence-electron chi connectivity index (χ1n) is 3.94. The number of ether oxygens (including phenoxy) is 2. The number of aliphatic hydroxyl groups is 3. The zero-order valence-corrected chi connectivity index (χ0v) is 7.40. The van der Waals surface area contributed by atoms with Crippen LogP contribution in [0.1, 0.15) is 0 Å². The summed E-state index contributed by atoms with van der Waals surface area (Å²) in [4.78, 5) is 10.5. The molecular weight excluding hydrogens is 196 g/mol. The number of rotatable bonds is 2. The number of carboxylic acid groups (broad SMARTS) is 1. The van der Waals surface area contributed by atoms with Crippen LogP contribution in [0, 0.1) is 0 Å². The lowest BCUT2D eigenvalue weighted by Crippen LogP contribution is -2.60. The number of aliphatic carboxylic acids is 1. The molecule has 1 saturated heterocycles. The number of aliphatic hydroxyl groups excluding tert-OH is 3.